The van der Waals surface area contributed by atoms with Crippen LogP contribution in [0.25, 0.3) is 22.2 Å². The van der Waals surface area contributed by atoms with Crippen LogP contribution in [0.1, 0.15) is 22.8 Å². The lowest BCUT2D eigenvalue weighted by Crippen LogP contribution is -1.82. The first-order valence-electron chi connectivity index (χ1n) is 6.19. The molecule has 0 unspecified atom stereocenters. The highest BCUT2D eigenvalue weighted by atomic mass is 35.5. The smallest absolute Gasteiger partial charge is 0.152 e. The number of fused-ring (bicyclic) bond motifs is 1. The van der Waals surface area contributed by atoms with Gasteiger partial charge >= 0.3 is 0 Å². The first-order chi connectivity index (χ1) is 9.65. The number of aldehydes is 1. The molecule has 0 radical (unpaired) electrons. The summed E-state index contributed by atoms with van der Waals surface area (Å²) in [6, 6.07) is 7.76. The number of aryl methyl sites for hydroxylation is 1. The molecular weight excluding hydrogens is 313 g/mol. The minimum Gasteiger partial charge on any atom is -0.354 e. The van der Waals surface area contributed by atoms with Gasteiger partial charge in [0.1, 0.15) is 4.34 Å². The van der Waals surface area contributed by atoms with Crippen molar-refractivity contribution < 1.29 is 4.79 Å². The molecular formula is C15H11Cl2NOS. The molecule has 2 aromatic heterocycles. The van der Waals surface area contributed by atoms with Gasteiger partial charge in [-0.1, -0.05) is 48.3 Å². The van der Waals surface area contributed by atoms with Crippen molar-refractivity contribution in [2.75, 3.05) is 0 Å². The van der Waals surface area contributed by atoms with E-state index in [2.05, 4.69) is 18.0 Å². The summed E-state index contributed by atoms with van der Waals surface area (Å²) in [4.78, 5) is 14.8. The standard InChI is InChI=1S/C15H11Cl2NOS/c1-2-8-4-3-5-9-11(7-19)14(18-13(8)9)10-6-12(16)20-15(10)17/h3-7,18H,2H2,1H3. The highest BCUT2D eigenvalue weighted by Crippen LogP contribution is 2.40. The summed E-state index contributed by atoms with van der Waals surface area (Å²) in [5, 5.41) is 0.924. The van der Waals surface area contributed by atoms with E-state index in [1.54, 1.807) is 6.07 Å². The Morgan fingerprint density at radius 2 is 2.15 bits per heavy atom. The van der Waals surface area contributed by atoms with Gasteiger partial charge in [0.15, 0.2) is 6.29 Å². The predicted octanol–water partition coefficient (Wildman–Crippen LogP) is 5.58. The summed E-state index contributed by atoms with van der Waals surface area (Å²) in [5.74, 6) is 0. The Morgan fingerprint density at radius 3 is 2.75 bits per heavy atom. The highest BCUT2D eigenvalue weighted by molar-refractivity contribution is 7.20. The molecule has 5 heteroatoms. The van der Waals surface area contributed by atoms with Crippen molar-refractivity contribution in [2.24, 2.45) is 0 Å². The Morgan fingerprint density at radius 1 is 1.35 bits per heavy atom. The summed E-state index contributed by atoms with van der Waals surface area (Å²) in [6.07, 6.45) is 1.77. The summed E-state index contributed by atoms with van der Waals surface area (Å²) in [6.45, 7) is 2.09. The molecule has 0 amide bonds. The van der Waals surface area contributed by atoms with E-state index >= 15 is 0 Å². The number of aromatic nitrogens is 1. The SMILES string of the molecule is CCc1cccc2c(C=O)c(-c3cc(Cl)sc3Cl)[nH]c12. The van der Waals surface area contributed by atoms with Crippen LogP contribution in [0.15, 0.2) is 24.3 Å². The number of para-hydroxylation sites is 1. The number of thiophene rings is 1. The van der Waals surface area contributed by atoms with Crippen molar-refractivity contribution in [1.29, 1.82) is 0 Å². The number of benzene rings is 1. The largest absolute Gasteiger partial charge is 0.354 e. The molecule has 0 atom stereocenters. The van der Waals surface area contributed by atoms with Crippen LogP contribution in [-0.4, -0.2) is 11.3 Å². The molecule has 0 saturated heterocycles. The quantitative estimate of drug-likeness (QED) is 0.627. The average molecular weight is 324 g/mol. The average Bonchev–Trinajstić information content (AvgIpc) is 2.97. The van der Waals surface area contributed by atoms with Crippen molar-refractivity contribution in [3.8, 4) is 11.3 Å². The maximum atomic E-state index is 11.5. The number of rotatable bonds is 3. The fourth-order valence-corrected chi connectivity index (χ4v) is 3.92. The van der Waals surface area contributed by atoms with Gasteiger partial charge in [-0.3, -0.25) is 4.79 Å². The van der Waals surface area contributed by atoms with Crippen LogP contribution < -0.4 is 0 Å². The van der Waals surface area contributed by atoms with Gasteiger partial charge in [-0.15, -0.1) is 11.3 Å². The van der Waals surface area contributed by atoms with Gasteiger partial charge in [0.25, 0.3) is 0 Å². The zero-order valence-corrected chi connectivity index (χ0v) is 13.0. The van der Waals surface area contributed by atoms with Gasteiger partial charge in [-0.25, -0.2) is 0 Å². The molecule has 0 aliphatic carbocycles. The molecule has 0 bridgehead atoms. The minimum absolute atomic E-state index is 0.586. The summed E-state index contributed by atoms with van der Waals surface area (Å²) >= 11 is 13.5. The number of H-pyrrole nitrogens is 1. The topological polar surface area (TPSA) is 32.9 Å². The molecule has 0 spiro atoms. The zero-order valence-electron chi connectivity index (χ0n) is 10.7. The lowest BCUT2D eigenvalue weighted by atomic mass is 10.1. The Hall–Kier alpha value is -1.29. The van der Waals surface area contributed by atoms with Gasteiger partial charge in [0.2, 0.25) is 0 Å². The van der Waals surface area contributed by atoms with E-state index in [0.29, 0.717) is 14.2 Å². The number of hydrogen-bond donors (Lipinski definition) is 1. The Kier molecular flexibility index (Phi) is 3.59. The monoisotopic (exact) mass is 323 g/mol. The highest BCUT2D eigenvalue weighted by Gasteiger charge is 2.18. The second kappa shape index (κ2) is 5.24. The molecule has 2 nitrogen and oxygen atoms in total. The molecule has 102 valence electrons. The number of aromatic amines is 1. The Labute approximate surface area is 130 Å². The molecule has 0 aliphatic heterocycles. The van der Waals surface area contributed by atoms with Crippen LogP contribution >= 0.6 is 34.5 Å². The molecule has 20 heavy (non-hydrogen) atoms. The van der Waals surface area contributed by atoms with Crippen molar-refractivity contribution in [1.82, 2.24) is 4.98 Å². The molecule has 3 rings (SSSR count). The van der Waals surface area contributed by atoms with Crippen LogP contribution in [0.2, 0.25) is 8.67 Å². The van der Waals surface area contributed by atoms with Gasteiger partial charge in [0.05, 0.1) is 10.0 Å². The first-order valence-corrected chi connectivity index (χ1v) is 7.77. The third-order valence-electron chi connectivity index (χ3n) is 3.39. The summed E-state index contributed by atoms with van der Waals surface area (Å²) in [7, 11) is 0. The number of carbonyl (C=O) groups is 1. The third kappa shape index (κ3) is 2.06. The van der Waals surface area contributed by atoms with E-state index in [1.807, 2.05) is 12.1 Å². The normalized spacial score (nSPS) is 11.2. The van der Waals surface area contributed by atoms with Gasteiger partial charge < -0.3 is 4.98 Å². The fraction of sp³-hybridized carbons (Fsp3) is 0.133. The summed E-state index contributed by atoms with van der Waals surface area (Å²) in [5.41, 5.74) is 4.32. The number of carbonyl (C=O) groups excluding carboxylic acids is 1. The first kappa shape index (κ1) is 13.7. The van der Waals surface area contributed by atoms with Gasteiger partial charge in [-0.2, -0.15) is 0 Å². The van der Waals surface area contributed by atoms with Gasteiger partial charge in [0, 0.05) is 22.0 Å². The number of hydrogen-bond acceptors (Lipinski definition) is 2. The zero-order chi connectivity index (χ0) is 14.3. The molecule has 1 aromatic carbocycles. The van der Waals surface area contributed by atoms with Crippen LogP contribution in [-0.2, 0) is 6.42 Å². The summed E-state index contributed by atoms with van der Waals surface area (Å²) < 4.78 is 1.19. The predicted molar refractivity (Wildman–Crippen MR) is 86.4 cm³/mol. The van der Waals surface area contributed by atoms with E-state index < -0.39 is 0 Å². The lowest BCUT2D eigenvalue weighted by molar-refractivity contribution is 0.112. The van der Waals surface area contributed by atoms with E-state index in [1.165, 1.54) is 16.9 Å². The van der Waals surface area contributed by atoms with Crippen LogP contribution in [0.4, 0.5) is 0 Å². The van der Waals surface area contributed by atoms with Crippen LogP contribution in [0, 0.1) is 0 Å². The van der Waals surface area contributed by atoms with Gasteiger partial charge in [-0.05, 0) is 18.1 Å². The second-order valence-electron chi connectivity index (χ2n) is 4.46. The molecule has 0 aliphatic rings. The van der Waals surface area contributed by atoms with Crippen molar-refractivity contribution in [3.05, 3.63) is 44.1 Å². The van der Waals surface area contributed by atoms with E-state index in [0.717, 1.165) is 34.9 Å². The Bertz CT molecular complexity index is 804. The molecule has 0 fully saturated rings. The molecule has 1 N–H and O–H groups in total. The third-order valence-corrected chi connectivity index (χ3v) is 4.87. The van der Waals surface area contributed by atoms with E-state index in [9.17, 15) is 4.79 Å². The fourth-order valence-electron chi connectivity index (χ4n) is 2.44. The maximum Gasteiger partial charge on any atom is 0.152 e. The van der Waals surface area contributed by atoms with Crippen molar-refractivity contribution >= 4 is 51.7 Å². The van der Waals surface area contributed by atoms with Crippen molar-refractivity contribution in [2.45, 2.75) is 13.3 Å². The maximum absolute atomic E-state index is 11.5. The number of nitrogens with one attached hydrogen (secondary N) is 1. The molecule has 3 aromatic rings. The lowest BCUT2D eigenvalue weighted by Gasteiger charge is -1.98. The van der Waals surface area contributed by atoms with E-state index in [4.69, 9.17) is 23.2 Å². The Balaban J connectivity index is 2.36. The molecule has 0 saturated carbocycles. The van der Waals surface area contributed by atoms with Crippen LogP contribution in [0.5, 0.6) is 0 Å². The van der Waals surface area contributed by atoms with E-state index in [-0.39, 0.29) is 0 Å². The van der Waals surface area contributed by atoms with Crippen molar-refractivity contribution in [3.63, 3.8) is 0 Å². The van der Waals surface area contributed by atoms with Crippen LogP contribution in [0.3, 0.4) is 0 Å². The minimum atomic E-state index is 0.586. The second-order valence-corrected chi connectivity index (χ2v) is 6.75. The number of halogens is 2. The molecule has 2 heterocycles.